The van der Waals surface area contributed by atoms with E-state index in [0.717, 1.165) is 48.7 Å². The Bertz CT molecular complexity index is 1020. The van der Waals surface area contributed by atoms with Gasteiger partial charge in [0.05, 0.1) is 16.7 Å². The molecule has 2 bridgehead atoms. The molecule has 1 aromatic heterocycles. The number of benzene rings is 1. The van der Waals surface area contributed by atoms with E-state index in [1.54, 1.807) is 6.07 Å². The van der Waals surface area contributed by atoms with Crippen molar-refractivity contribution in [2.24, 2.45) is 5.92 Å². The van der Waals surface area contributed by atoms with Crippen LogP contribution in [0.2, 0.25) is 0 Å². The first kappa shape index (κ1) is 15.8. The molecule has 2 N–H and O–H groups in total. The maximum absolute atomic E-state index is 12.4. The first-order valence-electron chi connectivity index (χ1n) is 10.5. The first-order valence-corrected chi connectivity index (χ1v) is 10.5. The number of phenols is 1. The lowest BCUT2D eigenvalue weighted by Crippen LogP contribution is -2.74. The Labute approximate surface area is 164 Å². The first-order chi connectivity index (χ1) is 13.6. The van der Waals surface area contributed by atoms with Gasteiger partial charge in [0, 0.05) is 30.8 Å². The lowest BCUT2D eigenvalue weighted by Gasteiger charge is -2.62. The van der Waals surface area contributed by atoms with Gasteiger partial charge in [0.15, 0.2) is 17.6 Å². The number of hydrogen-bond donors (Lipinski definition) is 2. The summed E-state index contributed by atoms with van der Waals surface area (Å²) in [5.41, 5.74) is 2.89. The monoisotopic (exact) mass is 376 g/mol. The number of aromatic hydroxyl groups is 1. The number of fused-ring (bicyclic) bond motifs is 2. The molecule has 1 saturated heterocycles. The maximum atomic E-state index is 12.4. The quantitative estimate of drug-likeness (QED) is 0.843. The van der Waals surface area contributed by atoms with Crippen LogP contribution >= 0.6 is 0 Å². The second kappa shape index (κ2) is 4.89. The number of piperidine rings is 1. The van der Waals surface area contributed by atoms with Gasteiger partial charge in [-0.2, -0.15) is 0 Å². The molecule has 0 unspecified atom stereocenters. The number of rotatable bonds is 2. The highest BCUT2D eigenvalue weighted by molar-refractivity contribution is 5.64. The van der Waals surface area contributed by atoms with E-state index in [1.807, 2.05) is 18.3 Å². The molecule has 28 heavy (non-hydrogen) atoms. The molecule has 2 aliphatic heterocycles. The summed E-state index contributed by atoms with van der Waals surface area (Å²) in [5, 5.41) is 23.0. The second-order valence-electron chi connectivity index (χ2n) is 9.47. The highest BCUT2D eigenvalue weighted by Gasteiger charge is 2.72. The molecule has 2 aromatic rings. The minimum Gasteiger partial charge on any atom is -0.504 e. The third-order valence-corrected chi connectivity index (χ3v) is 8.15. The zero-order valence-corrected chi connectivity index (χ0v) is 15.8. The van der Waals surface area contributed by atoms with E-state index < -0.39 is 11.0 Å². The summed E-state index contributed by atoms with van der Waals surface area (Å²) in [4.78, 5) is 7.23. The van der Waals surface area contributed by atoms with Crippen molar-refractivity contribution in [1.82, 2.24) is 9.88 Å². The molecule has 5 heteroatoms. The van der Waals surface area contributed by atoms with E-state index in [2.05, 4.69) is 16.0 Å². The standard InChI is InChI=1S/C23H24N2O3/c26-16-6-5-14-10-17-23(27)11-15-2-1-8-24-19(15)21-22(23,18(14)20(16)28-21)7-9-25(17)12-13-3-4-13/h1-2,5-6,8,13,17,21,26-27H,3-4,7,9-12H2/t17-,21-,22-,23+/m0/s1. The van der Waals surface area contributed by atoms with Gasteiger partial charge < -0.3 is 14.9 Å². The summed E-state index contributed by atoms with van der Waals surface area (Å²) in [6.45, 7) is 2.06. The van der Waals surface area contributed by atoms with Crippen LogP contribution < -0.4 is 4.74 Å². The van der Waals surface area contributed by atoms with Crippen LogP contribution in [0.4, 0.5) is 0 Å². The maximum Gasteiger partial charge on any atom is 0.166 e. The topological polar surface area (TPSA) is 65.8 Å². The van der Waals surface area contributed by atoms with Crippen LogP contribution in [0.25, 0.3) is 0 Å². The Hall–Kier alpha value is -2.11. The molecule has 3 aliphatic carbocycles. The van der Waals surface area contributed by atoms with Crippen molar-refractivity contribution >= 4 is 0 Å². The van der Waals surface area contributed by atoms with E-state index in [1.165, 1.54) is 18.4 Å². The number of nitrogens with zero attached hydrogens (tertiary/aromatic N) is 2. The highest BCUT2D eigenvalue weighted by atomic mass is 16.5. The zero-order valence-electron chi connectivity index (χ0n) is 15.8. The lowest BCUT2D eigenvalue weighted by molar-refractivity contribution is -0.173. The second-order valence-corrected chi connectivity index (χ2v) is 9.47. The molecule has 4 atom stereocenters. The number of aliphatic hydroxyl groups is 1. The Morgan fingerprint density at radius 1 is 1.21 bits per heavy atom. The minimum atomic E-state index is -0.896. The summed E-state index contributed by atoms with van der Waals surface area (Å²) in [6, 6.07) is 7.92. The number of hydrogen-bond acceptors (Lipinski definition) is 5. The number of phenolic OH excluding ortho intramolecular Hbond substituents is 1. The molecular weight excluding hydrogens is 352 g/mol. The summed E-state index contributed by atoms with van der Waals surface area (Å²) >= 11 is 0. The number of aromatic nitrogens is 1. The van der Waals surface area contributed by atoms with Gasteiger partial charge in [-0.1, -0.05) is 12.1 Å². The van der Waals surface area contributed by atoms with E-state index in [-0.39, 0.29) is 17.9 Å². The Morgan fingerprint density at radius 2 is 2.11 bits per heavy atom. The van der Waals surface area contributed by atoms with Crippen molar-refractivity contribution in [3.05, 3.63) is 52.8 Å². The van der Waals surface area contributed by atoms with Crippen molar-refractivity contribution < 1.29 is 14.9 Å². The fourth-order valence-electron chi connectivity index (χ4n) is 6.78. The van der Waals surface area contributed by atoms with Gasteiger partial charge >= 0.3 is 0 Å². The SMILES string of the molecule is Oc1ccc2c3c1O[C@H]1c4ncccc4C[C@@]4(O)[C@H](C2)N(CC2CC2)CC[C@]314. The van der Waals surface area contributed by atoms with E-state index >= 15 is 0 Å². The fraction of sp³-hybridized carbons (Fsp3) is 0.522. The van der Waals surface area contributed by atoms with Crippen molar-refractivity contribution in [3.8, 4) is 11.5 Å². The Balaban J connectivity index is 1.50. The fourth-order valence-corrected chi connectivity index (χ4v) is 6.78. The van der Waals surface area contributed by atoms with Crippen LogP contribution in [0.5, 0.6) is 11.5 Å². The van der Waals surface area contributed by atoms with Crippen molar-refractivity contribution in [2.75, 3.05) is 13.1 Å². The molecule has 0 radical (unpaired) electrons. The third kappa shape index (κ3) is 1.66. The van der Waals surface area contributed by atoms with Crippen molar-refractivity contribution in [3.63, 3.8) is 0 Å². The molecular formula is C23H24N2O3. The van der Waals surface area contributed by atoms with Crippen LogP contribution in [0.15, 0.2) is 30.5 Å². The molecule has 1 aromatic carbocycles. The largest absolute Gasteiger partial charge is 0.504 e. The summed E-state index contributed by atoms with van der Waals surface area (Å²) < 4.78 is 6.44. The molecule has 144 valence electrons. The minimum absolute atomic E-state index is 0.0873. The van der Waals surface area contributed by atoms with E-state index in [0.29, 0.717) is 12.2 Å². The Kier molecular flexibility index (Phi) is 2.76. The Morgan fingerprint density at radius 3 is 2.96 bits per heavy atom. The predicted octanol–water partition coefficient (Wildman–Crippen LogP) is 2.49. The average molecular weight is 376 g/mol. The molecule has 2 fully saturated rings. The molecule has 1 saturated carbocycles. The molecule has 0 amide bonds. The summed E-state index contributed by atoms with van der Waals surface area (Å²) in [7, 11) is 0. The van der Waals surface area contributed by atoms with Gasteiger partial charge in [-0.15, -0.1) is 0 Å². The van der Waals surface area contributed by atoms with Gasteiger partial charge in [0.25, 0.3) is 0 Å². The van der Waals surface area contributed by atoms with Crippen LogP contribution in [0.3, 0.4) is 0 Å². The van der Waals surface area contributed by atoms with Crippen LogP contribution in [0, 0.1) is 5.92 Å². The summed E-state index contributed by atoms with van der Waals surface area (Å²) in [5.74, 6) is 1.55. The number of likely N-dealkylation sites (tertiary alicyclic amines) is 1. The molecule has 5 aliphatic rings. The van der Waals surface area contributed by atoms with Gasteiger partial charge in [-0.25, -0.2) is 0 Å². The zero-order chi connectivity index (χ0) is 18.7. The molecule has 5 nitrogen and oxygen atoms in total. The van der Waals surface area contributed by atoms with Gasteiger partial charge in [-0.3, -0.25) is 9.88 Å². The normalized spacial score (nSPS) is 37.2. The van der Waals surface area contributed by atoms with Crippen LogP contribution in [-0.4, -0.2) is 44.8 Å². The van der Waals surface area contributed by atoms with Crippen LogP contribution in [-0.2, 0) is 18.3 Å². The van der Waals surface area contributed by atoms with Crippen LogP contribution in [0.1, 0.15) is 47.8 Å². The molecule has 1 spiro atoms. The van der Waals surface area contributed by atoms with E-state index in [4.69, 9.17) is 4.74 Å². The summed E-state index contributed by atoms with van der Waals surface area (Å²) in [6.07, 6.45) is 6.40. The number of pyridine rings is 1. The van der Waals surface area contributed by atoms with E-state index in [9.17, 15) is 10.2 Å². The number of ether oxygens (including phenoxy) is 1. The predicted molar refractivity (Wildman–Crippen MR) is 102 cm³/mol. The highest BCUT2D eigenvalue weighted by Crippen LogP contribution is 2.68. The molecule has 3 heterocycles. The third-order valence-electron chi connectivity index (χ3n) is 8.15. The average Bonchev–Trinajstić information content (AvgIpc) is 3.42. The van der Waals surface area contributed by atoms with Gasteiger partial charge in [0.1, 0.15) is 0 Å². The molecule has 7 rings (SSSR count). The smallest absolute Gasteiger partial charge is 0.166 e. The lowest BCUT2D eigenvalue weighted by atomic mass is 9.49. The van der Waals surface area contributed by atoms with Gasteiger partial charge in [-0.05, 0) is 61.4 Å². The van der Waals surface area contributed by atoms with Crippen molar-refractivity contribution in [2.45, 2.75) is 55.3 Å². The van der Waals surface area contributed by atoms with Gasteiger partial charge in [0.2, 0.25) is 0 Å². The van der Waals surface area contributed by atoms with Crippen molar-refractivity contribution in [1.29, 1.82) is 0 Å².